The molecule has 0 aliphatic heterocycles. The fourth-order valence-corrected chi connectivity index (χ4v) is 4.22. The van der Waals surface area contributed by atoms with Gasteiger partial charge in [0.1, 0.15) is 0 Å². The van der Waals surface area contributed by atoms with E-state index in [0.717, 1.165) is 35.0 Å². The van der Waals surface area contributed by atoms with E-state index >= 15 is 0 Å². The van der Waals surface area contributed by atoms with Crippen molar-refractivity contribution in [2.24, 2.45) is 5.73 Å². The van der Waals surface area contributed by atoms with Crippen LogP contribution in [-0.4, -0.2) is 34.8 Å². The monoisotopic (exact) mass is 409 g/mol. The van der Waals surface area contributed by atoms with Gasteiger partial charge in [-0.15, -0.1) is 11.3 Å². The van der Waals surface area contributed by atoms with E-state index in [1.807, 2.05) is 47.8 Å². The molecule has 152 valence electrons. The molecular weight excluding hydrogens is 382 g/mol. The Morgan fingerprint density at radius 1 is 1.10 bits per heavy atom. The van der Waals surface area contributed by atoms with Crippen LogP contribution in [-0.2, 0) is 4.79 Å². The molecular formula is C23H27N3O2S. The molecule has 2 N–H and O–H groups in total. The summed E-state index contributed by atoms with van der Waals surface area (Å²) in [4.78, 5) is 28.5. The first-order chi connectivity index (χ1) is 14.0. The van der Waals surface area contributed by atoms with Crippen LogP contribution in [0.5, 0.6) is 0 Å². The van der Waals surface area contributed by atoms with E-state index in [0.29, 0.717) is 12.5 Å². The van der Waals surface area contributed by atoms with E-state index in [-0.39, 0.29) is 11.8 Å². The van der Waals surface area contributed by atoms with Gasteiger partial charge in [0.15, 0.2) is 0 Å². The number of aromatic nitrogens is 1. The first kappa shape index (κ1) is 21.0. The van der Waals surface area contributed by atoms with Gasteiger partial charge in [0, 0.05) is 25.1 Å². The molecule has 29 heavy (non-hydrogen) atoms. The van der Waals surface area contributed by atoms with Gasteiger partial charge in [0.05, 0.1) is 15.7 Å². The maximum atomic E-state index is 12.6. The minimum atomic E-state index is -0.245. The summed E-state index contributed by atoms with van der Waals surface area (Å²) in [5.41, 5.74) is 10.6. The second kappa shape index (κ2) is 9.65. The van der Waals surface area contributed by atoms with E-state index in [1.54, 1.807) is 18.3 Å². The van der Waals surface area contributed by atoms with Crippen molar-refractivity contribution in [3.8, 4) is 11.1 Å². The third kappa shape index (κ3) is 5.21. The highest BCUT2D eigenvalue weighted by Crippen LogP contribution is 2.27. The second-order valence-corrected chi connectivity index (χ2v) is 8.17. The fraction of sp³-hybridized carbons (Fsp3) is 0.348. The van der Waals surface area contributed by atoms with Gasteiger partial charge in [-0.3, -0.25) is 9.59 Å². The molecule has 0 unspecified atom stereocenters. The Balaban J connectivity index is 0.000000431. The predicted octanol–water partition coefficient (Wildman–Crippen LogP) is 4.86. The molecule has 4 rings (SSSR count). The average molecular weight is 410 g/mol. The number of primary amides is 1. The van der Waals surface area contributed by atoms with Crippen molar-refractivity contribution in [3.05, 3.63) is 53.5 Å². The van der Waals surface area contributed by atoms with Crippen LogP contribution in [0, 0.1) is 0 Å². The Morgan fingerprint density at radius 2 is 1.72 bits per heavy atom. The van der Waals surface area contributed by atoms with Crippen molar-refractivity contribution < 1.29 is 9.59 Å². The highest BCUT2D eigenvalue weighted by atomic mass is 32.1. The van der Waals surface area contributed by atoms with Crippen LogP contribution in [0.4, 0.5) is 0 Å². The van der Waals surface area contributed by atoms with Gasteiger partial charge in [0.25, 0.3) is 5.91 Å². The first-order valence-electron chi connectivity index (χ1n) is 9.98. The van der Waals surface area contributed by atoms with E-state index in [4.69, 9.17) is 0 Å². The lowest BCUT2D eigenvalue weighted by molar-refractivity contribution is -0.117. The number of amides is 2. The normalized spacial score (nSPS) is 13.7. The number of fused-ring (bicyclic) bond motifs is 1. The van der Waals surface area contributed by atoms with Crippen LogP contribution < -0.4 is 5.73 Å². The zero-order valence-electron chi connectivity index (χ0n) is 16.9. The molecule has 1 heterocycles. The summed E-state index contributed by atoms with van der Waals surface area (Å²) in [6.07, 6.45) is 5.19. The topological polar surface area (TPSA) is 76.3 Å². The molecule has 1 saturated carbocycles. The largest absolute Gasteiger partial charge is 0.370 e. The SMILES string of the molecule is CCC(N)=O.CN(C(=O)c1ccc(-c2ccc3ncsc3c2)cc1)C1CCCC1. The molecule has 1 fully saturated rings. The lowest BCUT2D eigenvalue weighted by Gasteiger charge is -2.24. The van der Waals surface area contributed by atoms with E-state index in [9.17, 15) is 9.59 Å². The van der Waals surface area contributed by atoms with Gasteiger partial charge in [-0.05, 0) is 48.2 Å². The minimum Gasteiger partial charge on any atom is -0.370 e. The van der Waals surface area contributed by atoms with Crippen molar-refractivity contribution in [1.29, 1.82) is 0 Å². The standard InChI is InChI=1S/C20H20N2OS.C3H7NO/c1-22(17-4-2-3-5-17)20(23)15-8-6-14(7-9-15)16-10-11-18-19(12-16)24-13-21-18;1-2-3(4)5/h6-13,17H,2-5H2,1H3;2H2,1H3,(H2,4,5). The number of rotatable bonds is 4. The average Bonchev–Trinajstić information content (AvgIpc) is 3.44. The minimum absolute atomic E-state index is 0.131. The molecule has 0 atom stereocenters. The van der Waals surface area contributed by atoms with E-state index in [1.165, 1.54) is 17.5 Å². The summed E-state index contributed by atoms with van der Waals surface area (Å²) in [6, 6.07) is 14.7. The molecule has 0 bridgehead atoms. The molecule has 0 saturated heterocycles. The Bertz CT molecular complexity index is 975. The lowest BCUT2D eigenvalue weighted by atomic mass is 10.0. The quantitative estimate of drug-likeness (QED) is 0.668. The number of benzene rings is 2. The molecule has 0 spiro atoms. The van der Waals surface area contributed by atoms with Crippen molar-refractivity contribution in [2.45, 2.75) is 45.1 Å². The summed E-state index contributed by atoms with van der Waals surface area (Å²) in [5, 5.41) is 0. The number of nitrogens with two attached hydrogens (primary N) is 1. The van der Waals surface area contributed by atoms with Gasteiger partial charge in [-0.1, -0.05) is 38.0 Å². The molecule has 2 aromatic carbocycles. The Kier molecular flexibility index (Phi) is 6.99. The third-order valence-electron chi connectivity index (χ3n) is 5.34. The zero-order chi connectivity index (χ0) is 20.8. The van der Waals surface area contributed by atoms with Gasteiger partial charge in [0.2, 0.25) is 5.91 Å². The molecule has 6 heteroatoms. The van der Waals surface area contributed by atoms with Crippen LogP contribution in [0.1, 0.15) is 49.4 Å². The van der Waals surface area contributed by atoms with Crippen molar-refractivity contribution in [3.63, 3.8) is 0 Å². The fourth-order valence-electron chi connectivity index (χ4n) is 3.50. The maximum absolute atomic E-state index is 12.6. The van der Waals surface area contributed by atoms with E-state index in [2.05, 4.69) is 22.9 Å². The van der Waals surface area contributed by atoms with Crippen LogP contribution in [0.2, 0.25) is 0 Å². The number of thiazole rings is 1. The number of hydrogen-bond donors (Lipinski definition) is 1. The predicted molar refractivity (Wildman–Crippen MR) is 119 cm³/mol. The molecule has 3 aromatic rings. The van der Waals surface area contributed by atoms with Gasteiger partial charge in [-0.2, -0.15) is 0 Å². The van der Waals surface area contributed by atoms with Crippen LogP contribution >= 0.6 is 11.3 Å². The summed E-state index contributed by atoms with van der Waals surface area (Å²) < 4.78 is 1.19. The maximum Gasteiger partial charge on any atom is 0.253 e. The highest BCUT2D eigenvalue weighted by molar-refractivity contribution is 7.16. The number of nitrogens with zero attached hydrogens (tertiary/aromatic N) is 2. The third-order valence-corrected chi connectivity index (χ3v) is 6.13. The van der Waals surface area contributed by atoms with Crippen molar-refractivity contribution >= 4 is 33.4 Å². The van der Waals surface area contributed by atoms with Gasteiger partial charge >= 0.3 is 0 Å². The van der Waals surface area contributed by atoms with Crippen LogP contribution in [0.25, 0.3) is 21.3 Å². The number of hydrogen-bond acceptors (Lipinski definition) is 4. The summed E-state index contributed by atoms with van der Waals surface area (Å²) in [5.74, 6) is -0.114. The van der Waals surface area contributed by atoms with Crippen molar-refractivity contribution in [2.75, 3.05) is 7.05 Å². The van der Waals surface area contributed by atoms with Gasteiger partial charge in [-0.25, -0.2) is 4.98 Å². The summed E-state index contributed by atoms with van der Waals surface area (Å²) in [7, 11) is 1.93. The molecule has 5 nitrogen and oxygen atoms in total. The van der Waals surface area contributed by atoms with Crippen molar-refractivity contribution in [1.82, 2.24) is 9.88 Å². The highest BCUT2D eigenvalue weighted by Gasteiger charge is 2.24. The van der Waals surface area contributed by atoms with Crippen LogP contribution in [0.15, 0.2) is 48.0 Å². The van der Waals surface area contributed by atoms with Crippen LogP contribution in [0.3, 0.4) is 0 Å². The summed E-state index contributed by atoms with van der Waals surface area (Å²) >= 11 is 1.65. The smallest absolute Gasteiger partial charge is 0.253 e. The first-order valence-corrected chi connectivity index (χ1v) is 10.9. The number of carbonyl (C=O) groups is 2. The molecule has 0 radical (unpaired) electrons. The Hall–Kier alpha value is -2.73. The molecule has 1 aromatic heterocycles. The molecule has 1 aliphatic rings. The molecule has 1 aliphatic carbocycles. The lowest BCUT2D eigenvalue weighted by Crippen LogP contribution is -2.35. The zero-order valence-corrected chi connectivity index (χ0v) is 17.7. The number of carbonyl (C=O) groups excluding carboxylic acids is 2. The van der Waals surface area contributed by atoms with E-state index < -0.39 is 0 Å². The second-order valence-electron chi connectivity index (χ2n) is 7.29. The Morgan fingerprint density at radius 3 is 2.34 bits per heavy atom. The Labute approximate surface area is 175 Å². The van der Waals surface area contributed by atoms with Gasteiger partial charge < -0.3 is 10.6 Å². The molecule has 2 amide bonds. The summed E-state index contributed by atoms with van der Waals surface area (Å²) in [6.45, 7) is 1.72.